The van der Waals surface area contributed by atoms with E-state index in [-0.39, 0.29) is 5.91 Å². The van der Waals surface area contributed by atoms with E-state index in [1.54, 1.807) is 6.20 Å². The van der Waals surface area contributed by atoms with Gasteiger partial charge in [-0.1, -0.05) is 11.6 Å². The molecule has 1 aliphatic rings. The molecule has 0 atom stereocenters. The van der Waals surface area contributed by atoms with Crippen molar-refractivity contribution in [1.82, 2.24) is 19.9 Å². The molecule has 1 fully saturated rings. The van der Waals surface area contributed by atoms with Gasteiger partial charge >= 0.3 is 0 Å². The number of benzene rings is 2. The molecule has 0 saturated carbocycles. The third-order valence-electron chi connectivity index (χ3n) is 6.56. The monoisotopic (exact) mass is 529 g/mol. The maximum atomic E-state index is 12.7. The molecule has 2 aromatic heterocycles. The Balaban J connectivity index is 1.13. The minimum atomic E-state index is 0.108. The fourth-order valence-corrected chi connectivity index (χ4v) is 4.79. The third-order valence-corrected chi connectivity index (χ3v) is 6.79. The van der Waals surface area contributed by atoms with Gasteiger partial charge in [0.2, 0.25) is 5.95 Å². The van der Waals surface area contributed by atoms with Gasteiger partial charge < -0.3 is 20.9 Å². The van der Waals surface area contributed by atoms with Gasteiger partial charge in [0.15, 0.2) is 0 Å². The van der Waals surface area contributed by atoms with Crippen LogP contribution in [0.2, 0.25) is 5.02 Å². The zero-order valence-corrected chi connectivity index (χ0v) is 22.3. The number of nitrogens with zero attached hydrogens (tertiary/aromatic N) is 4. The van der Waals surface area contributed by atoms with E-state index in [0.717, 1.165) is 79.0 Å². The molecule has 4 aromatic rings. The van der Waals surface area contributed by atoms with Crippen molar-refractivity contribution >= 4 is 51.6 Å². The van der Waals surface area contributed by atoms with Crippen LogP contribution in [0.1, 0.15) is 41.7 Å². The van der Waals surface area contributed by atoms with E-state index in [0.29, 0.717) is 16.8 Å². The molecule has 2 aromatic carbocycles. The first-order chi connectivity index (χ1) is 18.5. The van der Waals surface area contributed by atoms with Gasteiger partial charge in [-0.05, 0) is 81.1 Å². The van der Waals surface area contributed by atoms with Crippen molar-refractivity contribution in [3.05, 3.63) is 77.1 Å². The molecule has 8 nitrogen and oxygen atoms in total. The summed E-state index contributed by atoms with van der Waals surface area (Å²) < 4.78 is 0. The highest BCUT2D eigenvalue weighted by Crippen LogP contribution is 2.24. The van der Waals surface area contributed by atoms with E-state index < -0.39 is 0 Å². The average molecular weight is 530 g/mol. The Morgan fingerprint density at radius 1 is 0.947 bits per heavy atom. The van der Waals surface area contributed by atoms with Crippen LogP contribution in [0.3, 0.4) is 0 Å². The van der Waals surface area contributed by atoms with Crippen LogP contribution in [0, 0.1) is 6.92 Å². The smallest absolute Gasteiger partial charge is 0.253 e. The number of halogens is 1. The number of anilines is 4. The van der Waals surface area contributed by atoms with Crippen LogP contribution in [0.15, 0.2) is 60.8 Å². The molecule has 0 unspecified atom stereocenters. The molecule has 9 heteroatoms. The SMILES string of the molecule is Cc1cc(Nc2ccc(C(=O)N3CCCCC3)cc2)nc(NCCCNc2ccnc3cc(Cl)ccc23)n1. The lowest BCUT2D eigenvalue weighted by Crippen LogP contribution is -2.35. The van der Waals surface area contributed by atoms with E-state index in [9.17, 15) is 4.79 Å². The average Bonchev–Trinajstić information content (AvgIpc) is 2.93. The van der Waals surface area contributed by atoms with Crippen LogP contribution in [0.5, 0.6) is 0 Å². The third kappa shape index (κ3) is 6.50. The van der Waals surface area contributed by atoms with Crippen molar-refractivity contribution in [2.75, 3.05) is 42.1 Å². The van der Waals surface area contributed by atoms with Crippen LogP contribution < -0.4 is 16.0 Å². The maximum absolute atomic E-state index is 12.7. The number of likely N-dealkylation sites (tertiary alicyclic amines) is 1. The van der Waals surface area contributed by atoms with Gasteiger partial charge in [0, 0.05) is 71.5 Å². The summed E-state index contributed by atoms with van der Waals surface area (Å²) in [5.41, 5.74) is 4.36. The van der Waals surface area contributed by atoms with Gasteiger partial charge in [-0.15, -0.1) is 0 Å². The quantitative estimate of drug-likeness (QED) is 0.220. The molecule has 38 heavy (non-hydrogen) atoms. The predicted molar refractivity (Wildman–Crippen MR) is 155 cm³/mol. The van der Waals surface area contributed by atoms with Gasteiger partial charge in [-0.25, -0.2) is 4.98 Å². The Hall–Kier alpha value is -3.91. The highest BCUT2D eigenvalue weighted by molar-refractivity contribution is 6.31. The summed E-state index contributed by atoms with van der Waals surface area (Å²) in [4.78, 5) is 28.2. The molecule has 1 amide bonds. The summed E-state index contributed by atoms with van der Waals surface area (Å²) in [6, 6.07) is 17.2. The number of rotatable bonds is 9. The fourth-order valence-electron chi connectivity index (χ4n) is 4.62. The van der Waals surface area contributed by atoms with Gasteiger partial charge in [0.25, 0.3) is 5.91 Å². The van der Waals surface area contributed by atoms with E-state index in [1.807, 2.05) is 66.4 Å². The summed E-state index contributed by atoms with van der Waals surface area (Å²) in [6.45, 7) is 5.15. The van der Waals surface area contributed by atoms with Crippen LogP contribution in [0.25, 0.3) is 10.9 Å². The number of nitrogens with one attached hydrogen (secondary N) is 3. The number of pyridine rings is 1. The van der Waals surface area contributed by atoms with E-state index >= 15 is 0 Å². The Kier molecular flexibility index (Phi) is 8.19. The molecular weight excluding hydrogens is 498 g/mol. The number of aromatic nitrogens is 3. The minimum Gasteiger partial charge on any atom is -0.384 e. The van der Waals surface area contributed by atoms with Crippen LogP contribution in [0.4, 0.5) is 23.1 Å². The highest BCUT2D eigenvalue weighted by atomic mass is 35.5. The second-order valence-corrected chi connectivity index (χ2v) is 9.94. The molecule has 196 valence electrons. The Morgan fingerprint density at radius 3 is 2.55 bits per heavy atom. The molecule has 0 aliphatic carbocycles. The molecule has 0 radical (unpaired) electrons. The molecule has 1 aliphatic heterocycles. The maximum Gasteiger partial charge on any atom is 0.253 e. The zero-order valence-electron chi connectivity index (χ0n) is 21.5. The second-order valence-electron chi connectivity index (χ2n) is 9.50. The zero-order chi connectivity index (χ0) is 26.3. The lowest BCUT2D eigenvalue weighted by atomic mass is 10.1. The molecule has 0 spiro atoms. The molecule has 5 rings (SSSR count). The number of piperidine rings is 1. The first kappa shape index (κ1) is 25.7. The van der Waals surface area contributed by atoms with Crippen LogP contribution in [-0.4, -0.2) is 51.9 Å². The first-order valence-electron chi connectivity index (χ1n) is 13.1. The van der Waals surface area contributed by atoms with Crippen molar-refractivity contribution in [3.8, 4) is 0 Å². The van der Waals surface area contributed by atoms with Gasteiger partial charge in [0.1, 0.15) is 5.82 Å². The van der Waals surface area contributed by atoms with Crippen molar-refractivity contribution in [2.45, 2.75) is 32.6 Å². The predicted octanol–water partition coefficient (Wildman–Crippen LogP) is 6.27. The van der Waals surface area contributed by atoms with E-state index in [2.05, 4.69) is 30.9 Å². The summed E-state index contributed by atoms with van der Waals surface area (Å²) in [5.74, 6) is 1.39. The first-order valence-corrected chi connectivity index (χ1v) is 13.5. The number of fused-ring (bicyclic) bond motifs is 1. The van der Waals surface area contributed by atoms with E-state index in [1.165, 1.54) is 6.42 Å². The van der Waals surface area contributed by atoms with Crippen LogP contribution in [-0.2, 0) is 0 Å². The van der Waals surface area contributed by atoms with Crippen LogP contribution >= 0.6 is 11.6 Å². The fraction of sp³-hybridized carbons (Fsp3) is 0.310. The standard InChI is InChI=1S/C29H32ClN7O/c1-20-18-27(35-23-9-6-21(7-10-23)28(38)37-16-3-2-4-17-37)36-29(34-20)33-14-5-13-31-25-12-15-32-26-19-22(30)8-11-24(25)26/h6-12,15,18-19H,2-5,13-14,16-17H2,1H3,(H,31,32)(H2,33,34,35,36). The number of carbonyl (C=O) groups is 1. The Labute approximate surface area is 227 Å². The van der Waals surface area contributed by atoms with Gasteiger partial charge in [-0.2, -0.15) is 4.98 Å². The van der Waals surface area contributed by atoms with Gasteiger partial charge in [-0.3, -0.25) is 9.78 Å². The van der Waals surface area contributed by atoms with Crippen molar-refractivity contribution in [1.29, 1.82) is 0 Å². The normalized spacial score (nSPS) is 13.4. The summed E-state index contributed by atoms with van der Waals surface area (Å²) in [5, 5.41) is 11.9. The number of carbonyl (C=O) groups excluding carboxylic acids is 1. The Bertz CT molecular complexity index is 1400. The summed E-state index contributed by atoms with van der Waals surface area (Å²) >= 11 is 6.09. The van der Waals surface area contributed by atoms with Crippen molar-refractivity contribution in [3.63, 3.8) is 0 Å². The lowest BCUT2D eigenvalue weighted by Gasteiger charge is -2.26. The molecular formula is C29H32ClN7O. The second kappa shape index (κ2) is 12.1. The molecule has 3 heterocycles. The number of hydrogen-bond donors (Lipinski definition) is 3. The Morgan fingerprint density at radius 2 is 1.74 bits per heavy atom. The molecule has 3 N–H and O–H groups in total. The lowest BCUT2D eigenvalue weighted by molar-refractivity contribution is 0.0724. The molecule has 1 saturated heterocycles. The van der Waals surface area contributed by atoms with E-state index in [4.69, 9.17) is 11.6 Å². The number of amides is 1. The number of aryl methyl sites for hydroxylation is 1. The van der Waals surface area contributed by atoms with Crippen molar-refractivity contribution < 1.29 is 4.79 Å². The topological polar surface area (TPSA) is 95.1 Å². The minimum absolute atomic E-state index is 0.108. The summed E-state index contributed by atoms with van der Waals surface area (Å²) in [6.07, 6.45) is 6.04. The largest absolute Gasteiger partial charge is 0.384 e. The van der Waals surface area contributed by atoms with Crippen molar-refractivity contribution in [2.24, 2.45) is 0 Å². The van der Waals surface area contributed by atoms with Gasteiger partial charge in [0.05, 0.1) is 5.52 Å². The summed E-state index contributed by atoms with van der Waals surface area (Å²) in [7, 11) is 0. The number of hydrogen-bond acceptors (Lipinski definition) is 7. The molecule has 0 bridgehead atoms. The highest BCUT2D eigenvalue weighted by Gasteiger charge is 2.18.